The van der Waals surface area contributed by atoms with Crippen LogP contribution < -0.4 is 24.4 Å². The number of fused-ring (bicyclic) bond motifs is 2. The number of ether oxygens (including phenoxy) is 3. The highest BCUT2D eigenvalue weighted by Crippen LogP contribution is 2.38. The Bertz CT molecular complexity index is 1890. The van der Waals surface area contributed by atoms with E-state index in [2.05, 4.69) is 4.99 Å². The van der Waals surface area contributed by atoms with Crippen molar-refractivity contribution in [3.63, 3.8) is 0 Å². The van der Waals surface area contributed by atoms with Crippen molar-refractivity contribution in [2.45, 2.75) is 19.9 Å². The van der Waals surface area contributed by atoms with E-state index in [0.717, 1.165) is 0 Å². The van der Waals surface area contributed by atoms with E-state index in [0.29, 0.717) is 49.2 Å². The molecule has 0 radical (unpaired) electrons. The Morgan fingerprint density at radius 3 is 2.77 bits per heavy atom. The SMILES string of the molecule is CCOC(=O)C1=C(C)N=c2s/c(=C\c3ccc(-c4cccc(C(=O)O)c4)o3)c(=O)n2[C@H]1c1ccc2c(c1)OCO2. The quantitative estimate of drug-likeness (QED) is 0.356. The minimum Gasteiger partial charge on any atom is -0.478 e. The average Bonchev–Trinajstić information content (AvgIpc) is 3.67. The predicted molar refractivity (Wildman–Crippen MR) is 144 cm³/mol. The van der Waals surface area contributed by atoms with Crippen LogP contribution in [0.4, 0.5) is 0 Å². The van der Waals surface area contributed by atoms with Gasteiger partial charge in [0.1, 0.15) is 11.5 Å². The summed E-state index contributed by atoms with van der Waals surface area (Å²) in [7, 11) is 0. The van der Waals surface area contributed by atoms with Crippen LogP contribution in [0.3, 0.4) is 0 Å². The van der Waals surface area contributed by atoms with Gasteiger partial charge in [0.15, 0.2) is 16.3 Å². The number of carbonyl (C=O) groups excluding carboxylic acids is 1. The maximum absolute atomic E-state index is 13.8. The number of rotatable bonds is 6. The van der Waals surface area contributed by atoms with Crippen LogP contribution in [0.5, 0.6) is 11.5 Å². The lowest BCUT2D eigenvalue weighted by atomic mass is 9.95. The Hall–Kier alpha value is -4.90. The summed E-state index contributed by atoms with van der Waals surface area (Å²) in [6.07, 6.45) is 1.61. The molecule has 2 aliphatic rings. The van der Waals surface area contributed by atoms with Gasteiger partial charge in [-0.1, -0.05) is 29.5 Å². The van der Waals surface area contributed by atoms with Crippen molar-refractivity contribution in [2.75, 3.05) is 13.4 Å². The normalized spacial score (nSPS) is 16.1. The monoisotopic (exact) mass is 558 g/mol. The maximum atomic E-state index is 13.8. The first-order valence-electron chi connectivity index (χ1n) is 12.4. The smallest absolute Gasteiger partial charge is 0.338 e. The van der Waals surface area contributed by atoms with E-state index >= 15 is 0 Å². The first-order chi connectivity index (χ1) is 19.3. The Kier molecular flexibility index (Phi) is 6.35. The van der Waals surface area contributed by atoms with Crippen molar-refractivity contribution in [3.8, 4) is 22.8 Å². The van der Waals surface area contributed by atoms with Crippen LogP contribution >= 0.6 is 11.3 Å². The van der Waals surface area contributed by atoms with Crippen LogP contribution in [0.25, 0.3) is 17.4 Å². The third-order valence-electron chi connectivity index (χ3n) is 6.52. The van der Waals surface area contributed by atoms with Crippen molar-refractivity contribution < 1.29 is 33.3 Å². The number of aromatic nitrogens is 1. The second kappa shape index (κ2) is 10.0. The van der Waals surface area contributed by atoms with E-state index in [9.17, 15) is 19.5 Å². The summed E-state index contributed by atoms with van der Waals surface area (Å²) in [4.78, 5) is 43.2. The number of carboxylic acids is 1. The topological polar surface area (TPSA) is 130 Å². The first-order valence-corrected chi connectivity index (χ1v) is 13.2. The molecule has 0 amide bonds. The van der Waals surface area contributed by atoms with Crippen molar-refractivity contribution in [3.05, 3.63) is 102 Å². The fourth-order valence-corrected chi connectivity index (χ4v) is 5.74. The van der Waals surface area contributed by atoms with Crippen LogP contribution in [0, 0.1) is 0 Å². The Labute approximate surface area is 230 Å². The highest BCUT2D eigenvalue weighted by Gasteiger charge is 2.34. The molecule has 2 aliphatic heterocycles. The molecule has 0 saturated carbocycles. The fourth-order valence-electron chi connectivity index (χ4n) is 4.71. The molecule has 4 aromatic rings. The van der Waals surface area contributed by atoms with Crippen LogP contribution in [-0.2, 0) is 9.53 Å². The lowest BCUT2D eigenvalue weighted by molar-refractivity contribution is -0.139. The number of benzene rings is 2. The summed E-state index contributed by atoms with van der Waals surface area (Å²) in [6, 6.07) is 14.3. The third-order valence-corrected chi connectivity index (χ3v) is 7.51. The highest BCUT2D eigenvalue weighted by atomic mass is 32.1. The van der Waals surface area contributed by atoms with Gasteiger partial charge in [0.05, 0.1) is 34.0 Å². The molecule has 0 aliphatic carbocycles. The number of hydrogen-bond acceptors (Lipinski definition) is 9. The molecular weight excluding hydrogens is 536 g/mol. The van der Waals surface area contributed by atoms with Gasteiger partial charge in [-0.2, -0.15) is 0 Å². The molecule has 0 saturated heterocycles. The van der Waals surface area contributed by atoms with Gasteiger partial charge in [0, 0.05) is 11.6 Å². The highest BCUT2D eigenvalue weighted by molar-refractivity contribution is 7.07. The van der Waals surface area contributed by atoms with Gasteiger partial charge in [-0.3, -0.25) is 9.36 Å². The van der Waals surface area contributed by atoms with Crippen LogP contribution in [0.1, 0.15) is 41.6 Å². The Morgan fingerprint density at radius 1 is 1.15 bits per heavy atom. The number of thiazole rings is 1. The summed E-state index contributed by atoms with van der Waals surface area (Å²) < 4.78 is 24.1. The number of esters is 1. The van der Waals surface area contributed by atoms with E-state index < -0.39 is 18.0 Å². The predicted octanol–water partition coefficient (Wildman–Crippen LogP) is 3.49. The lowest BCUT2D eigenvalue weighted by Gasteiger charge is -2.24. The maximum Gasteiger partial charge on any atom is 0.338 e. The Morgan fingerprint density at radius 2 is 1.98 bits per heavy atom. The molecule has 0 spiro atoms. The summed E-state index contributed by atoms with van der Waals surface area (Å²) in [5, 5.41) is 9.29. The van der Waals surface area contributed by atoms with Gasteiger partial charge in [-0.25, -0.2) is 14.6 Å². The zero-order valence-corrected chi connectivity index (χ0v) is 22.2. The van der Waals surface area contributed by atoms with Crippen molar-refractivity contribution in [2.24, 2.45) is 4.99 Å². The molecule has 2 aromatic carbocycles. The number of furan rings is 1. The van der Waals surface area contributed by atoms with Crippen LogP contribution in [0.15, 0.2) is 80.1 Å². The Balaban J connectivity index is 1.46. The largest absolute Gasteiger partial charge is 0.478 e. The number of allylic oxidation sites excluding steroid dienone is 1. The molecule has 11 heteroatoms. The lowest BCUT2D eigenvalue weighted by Crippen LogP contribution is -2.39. The van der Waals surface area contributed by atoms with Gasteiger partial charge in [-0.15, -0.1) is 0 Å². The van der Waals surface area contributed by atoms with Gasteiger partial charge < -0.3 is 23.7 Å². The molecule has 202 valence electrons. The molecule has 0 fully saturated rings. The number of aromatic carboxylic acids is 1. The average molecular weight is 559 g/mol. The van der Waals surface area contributed by atoms with Crippen molar-refractivity contribution >= 4 is 29.4 Å². The first kappa shape index (κ1) is 25.4. The number of hydrogen-bond donors (Lipinski definition) is 1. The summed E-state index contributed by atoms with van der Waals surface area (Å²) >= 11 is 1.17. The molecule has 1 N–H and O–H groups in total. The molecule has 40 heavy (non-hydrogen) atoms. The van der Waals surface area contributed by atoms with E-state index in [1.807, 2.05) is 0 Å². The minimum atomic E-state index is -1.04. The summed E-state index contributed by atoms with van der Waals surface area (Å²) in [5.74, 6) is 0.372. The van der Waals surface area contributed by atoms with Gasteiger partial charge in [0.2, 0.25) is 6.79 Å². The van der Waals surface area contributed by atoms with Crippen molar-refractivity contribution in [1.29, 1.82) is 0 Å². The standard InChI is InChI=1S/C29H22N2O8S/c1-3-36-28(35)24-15(2)30-29-31(25(24)17-7-9-21-22(12-17)38-14-37-21)26(32)23(40-29)13-19-8-10-20(39-19)16-5-4-6-18(11-16)27(33)34/h4-13,25H,3,14H2,1-2H3,(H,33,34)/b23-13-/t25-/m0/s1. The van der Waals surface area contributed by atoms with Gasteiger partial charge in [0.25, 0.3) is 5.56 Å². The molecule has 2 aromatic heterocycles. The number of carboxylic acid groups (broad SMARTS) is 1. The second-order valence-corrected chi connectivity index (χ2v) is 10.0. The molecule has 10 nitrogen and oxygen atoms in total. The zero-order chi connectivity index (χ0) is 28.0. The molecular formula is C29H22N2O8S. The summed E-state index contributed by atoms with van der Waals surface area (Å²) in [6.45, 7) is 3.69. The van der Waals surface area contributed by atoms with Crippen molar-refractivity contribution in [1.82, 2.24) is 4.57 Å². The fraction of sp³-hybridized carbons (Fsp3) is 0.172. The van der Waals surface area contributed by atoms with Crippen LogP contribution in [-0.4, -0.2) is 35.0 Å². The van der Waals surface area contributed by atoms with Crippen LogP contribution in [0.2, 0.25) is 0 Å². The molecule has 4 heterocycles. The van der Waals surface area contributed by atoms with E-state index in [-0.39, 0.29) is 30.1 Å². The molecule has 0 unspecified atom stereocenters. The van der Waals surface area contributed by atoms with Gasteiger partial charge >= 0.3 is 11.9 Å². The second-order valence-electron chi connectivity index (χ2n) is 9.00. The summed E-state index contributed by atoms with van der Waals surface area (Å²) in [5.41, 5.74) is 1.74. The zero-order valence-electron chi connectivity index (χ0n) is 21.4. The van der Waals surface area contributed by atoms with Gasteiger partial charge in [-0.05, 0) is 55.8 Å². The molecule has 0 bridgehead atoms. The van der Waals surface area contributed by atoms with E-state index in [1.165, 1.54) is 28.0 Å². The molecule has 6 rings (SSSR count). The minimum absolute atomic E-state index is 0.0902. The van der Waals surface area contributed by atoms with E-state index in [1.54, 1.807) is 62.4 Å². The number of carbonyl (C=O) groups is 2. The van der Waals surface area contributed by atoms with E-state index in [4.69, 9.17) is 18.6 Å². The molecule has 1 atom stereocenters. The number of nitrogens with zero attached hydrogens (tertiary/aromatic N) is 2. The third kappa shape index (κ3) is 4.39.